The highest BCUT2D eigenvalue weighted by Crippen LogP contribution is 2.33. The van der Waals surface area contributed by atoms with Gasteiger partial charge in [0.05, 0.1) is 0 Å². The largest absolute Gasteiger partial charge is 0.328 e. The van der Waals surface area contributed by atoms with Crippen molar-refractivity contribution in [3.63, 3.8) is 0 Å². The molecule has 2 atom stereocenters. The van der Waals surface area contributed by atoms with Crippen LogP contribution in [-0.4, -0.2) is 11.3 Å². The fraction of sp³-hybridized carbons (Fsp3) is 0.600. The Bertz CT molecular complexity index is 344. The van der Waals surface area contributed by atoms with E-state index in [1.807, 2.05) is 11.8 Å². The van der Waals surface area contributed by atoms with E-state index < -0.39 is 0 Å². The number of hydrogen-bond acceptors (Lipinski definition) is 2. The van der Waals surface area contributed by atoms with Gasteiger partial charge in [-0.05, 0) is 42.9 Å². The molecule has 1 nitrogen and oxygen atoms in total. The van der Waals surface area contributed by atoms with Crippen molar-refractivity contribution in [2.24, 2.45) is 5.73 Å². The molecule has 1 aliphatic carbocycles. The molecule has 2 unspecified atom stereocenters. The van der Waals surface area contributed by atoms with Crippen LogP contribution < -0.4 is 5.73 Å². The smallest absolute Gasteiger partial charge is 0.0109 e. The van der Waals surface area contributed by atoms with Gasteiger partial charge < -0.3 is 5.73 Å². The van der Waals surface area contributed by atoms with Crippen LogP contribution in [0.3, 0.4) is 0 Å². The summed E-state index contributed by atoms with van der Waals surface area (Å²) in [7, 11) is 0. The van der Waals surface area contributed by atoms with Crippen molar-refractivity contribution in [2.75, 3.05) is 0 Å². The summed E-state index contributed by atoms with van der Waals surface area (Å²) in [6.07, 6.45) is 5.01. The maximum atomic E-state index is 6.03. The van der Waals surface area contributed by atoms with E-state index in [0.29, 0.717) is 12.0 Å². The van der Waals surface area contributed by atoms with Crippen LogP contribution in [0.1, 0.15) is 51.0 Å². The molecule has 1 aliphatic rings. The highest BCUT2D eigenvalue weighted by Gasteiger charge is 2.19. The molecule has 1 saturated carbocycles. The molecule has 0 saturated heterocycles. The summed E-state index contributed by atoms with van der Waals surface area (Å²) in [5.74, 6) is 0.622. The maximum Gasteiger partial charge on any atom is 0.0109 e. The Morgan fingerprint density at radius 3 is 2.47 bits per heavy atom. The number of benzene rings is 1. The van der Waals surface area contributed by atoms with Crippen molar-refractivity contribution in [3.8, 4) is 0 Å². The number of nitrogens with two attached hydrogens (primary N) is 1. The summed E-state index contributed by atoms with van der Waals surface area (Å²) >= 11 is 2.01. The Kier molecular flexibility index (Phi) is 4.52. The first-order chi connectivity index (χ1) is 8.15. The van der Waals surface area contributed by atoms with E-state index in [1.54, 1.807) is 0 Å². The first-order valence-corrected chi connectivity index (χ1v) is 7.55. The highest BCUT2D eigenvalue weighted by atomic mass is 32.2. The highest BCUT2D eigenvalue weighted by molar-refractivity contribution is 8.00. The Morgan fingerprint density at radius 2 is 1.88 bits per heavy atom. The Morgan fingerprint density at radius 1 is 1.18 bits per heavy atom. The van der Waals surface area contributed by atoms with Gasteiger partial charge in [0.1, 0.15) is 0 Å². The van der Waals surface area contributed by atoms with Crippen LogP contribution in [0.25, 0.3) is 0 Å². The lowest BCUT2D eigenvalue weighted by Gasteiger charge is -2.26. The summed E-state index contributed by atoms with van der Waals surface area (Å²) in [5.41, 5.74) is 7.45. The zero-order valence-corrected chi connectivity index (χ0v) is 11.7. The topological polar surface area (TPSA) is 26.0 Å². The zero-order valence-electron chi connectivity index (χ0n) is 10.9. The number of rotatable bonds is 3. The molecule has 2 rings (SSSR count). The van der Waals surface area contributed by atoms with Crippen LogP contribution >= 0.6 is 11.8 Å². The molecule has 0 bridgehead atoms. The predicted octanol–water partition coefficient (Wildman–Crippen LogP) is 4.17. The van der Waals surface area contributed by atoms with E-state index in [1.165, 1.54) is 36.1 Å². The molecule has 0 spiro atoms. The van der Waals surface area contributed by atoms with Gasteiger partial charge in [-0.15, -0.1) is 11.8 Å². The lowest BCUT2D eigenvalue weighted by Crippen LogP contribution is -2.29. The summed E-state index contributed by atoms with van der Waals surface area (Å²) < 4.78 is 0. The lowest BCUT2D eigenvalue weighted by atomic mass is 9.96. The first-order valence-electron chi connectivity index (χ1n) is 6.67. The Labute approximate surface area is 109 Å². The average Bonchev–Trinajstić information content (AvgIpc) is 2.29. The van der Waals surface area contributed by atoms with Crippen LogP contribution in [-0.2, 0) is 0 Å². The van der Waals surface area contributed by atoms with E-state index >= 15 is 0 Å². The molecule has 17 heavy (non-hydrogen) atoms. The van der Waals surface area contributed by atoms with Gasteiger partial charge in [-0.2, -0.15) is 0 Å². The van der Waals surface area contributed by atoms with Crippen molar-refractivity contribution < 1.29 is 0 Å². The van der Waals surface area contributed by atoms with Crippen LogP contribution in [0.15, 0.2) is 29.2 Å². The minimum Gasteiger partial charge on any atom is -0.328 e. The first kappa shape index (κ1) is 13.0. The molecule has 2 heteroatoms. The second kappa shape index (κ2) is 5.92. The molecule has 1 fully saturated rings. The van der Waals surface area contributed by atoms with Crippen molar-refractivity contribution in [2.45, 2.75) is 61.6 Å². The van der Waals surface area contributed by atoms with Gasteiger partial charge in [-0.3, -0.25) is 0 Å². The standard InChI is InChI=1S/C15H23NS/c1-11(2)12-6-8-14(9-7-12)17-15-5-3-4-13(16)10-15/h6-9,11,13,15H,3-5,10,16H2,1-2H3. The molecule has 94 valence electrons. The Hall–Kier alpha value is -0.470. The van der Waals surface area contributed by atoms with Crippen LogP contribution in [0, 0.1) is 0 Å². The Balaban J connectivity index is 1.94. The van der Waals surface area contributed by atoms with Crippen LogP contribution in [0.5, 0.6) is 0 Å². The molecule has 0 aliphatic heterocycles. The average molecular weight is 249 g/mol. The SMILES string of the molecule is CC(C)c1ccc(SC2CCCC(N)C2)cc1. The molecular formula is C15H23NS. The van der Waals surface area contributed by atoms with Crippen LogP contribution in [0.4, 0.5) is 0 Å². The van der Waals surface area contributed by atoms with E-state index in [4.69, 9.17) is 5.73 Å². The quantitative estimate of drug-likeness (QED) is 0.870. The number of thioether (sulfide) groups is 1. The van der Waals surface area contributed by atoms with Gasteiger partial charge in [0, 0.05) is 16.2 Å². The zero-order chi connectivity index (χ0) is 12.3. The summed E-state index contributed by atoms with van der Waals surface area (Å²) in [6.45, 7) is 4.48. The predicted molar refractivity (Wildman–Crippen MR) is 76.6 cm³/mol. The van der Waals surface area contributed by atoms with Gasteiger partial charge in [0.15, 0.2) is 0 Å². The molecule has 0 radical (unpaired) electrons. The summed E-state index contributed by atoms with van der Waals surface area (Å²) in [5, 5.41) is 0.726. The van der Waals surface area contributed by atoms with Crippen molar-refractivity contribution in [1.82, 2.24) is 0 Å². The third-order valence-electron chi connectivity index (χ3n) is 3.52. The fourth-order valence-corrected chi connectivity index (χ4v) is 3.72. The minimum atomic E-state index is 0.427. The van der Waals surface area contributed by atoms with E-state index in [-0.39, 0.29) is 0 Å². The molecule has 1 aromatic carbocycles. The van der Waals surface area contributed by atoms with Gasteiger partial charge >= 0.3 is 0 Å². The molecular weight excluding hydrogens is 226 g/mol. The molecule has 1 aromatic rings. The van der Waals surface area contributed by atoms with Crippen molar-refractivity contribution in [1.29, 1.82) is 0 Å². The van der Waals surface area contributed by atoms with Crippen molar-refractivity contribution >= 4 is 11.8 Å². The van der Waals surface area contributed by atoms with Crippen LogP contribution in [0.2, 0.25) is 0 Å². The monoisotopic (exact) mass is 249 g/mol. The molecule has 2 N–H and O–H groups in total. The van der Waals surface area contributed by atoms with Gasteiger partial charge in [0.25, 0.3) is 0 Å². The lowest BCUT2D eigenvalue weighted by molar-refractivity contribution is 0.451. The summed E-state index contributed by atoms with van der Waals surface area (Å²) in [4.78, 5) is 1.40. The van der Waals surface area contributed by atoms with E-state index in [2.05, 4.69) is 38.1 Å². The second-order valence-electron chi connectivity index (χ2n) is 5.39. The normalized spacial score (nSPS) is 25.2. The van der Waals surface area contributed by atoms with Gasteiger partial charge in [0.2, 0.25) is 0 Å². The fourth-order valence-electron chi connectivity index (χ4n) is 2.41. The summed E-state index contributed by atoms with van der Waals surface area (Å²) in [6, 6.07) is 9.47. The molecule has 0 heterocycles. The van der Waals surface area contributed by atoms with Gasteiger partial charge in [-0.25, -0.2) is 0 Å². The third kappa shape index (κ3) is 3.75. The third-order valence-corrected chi connectivity index (χ3v) is 4.82. The van der Waals surface area contributed by atoms with Gasteiger partial charge in [-0.1, -0.05) is 32.4 Å². The number of hydrogen-bond donors (Lipinski definition) is 1. The van der Waals surface area contributed by atoms with E-state index in [0.717, 1.165) is 5.25 Å². The maximum absolute atomic E-state index is 6.03. The second-order valence-corrected chi connectivity index (χ2v) is 6.76. The van der Waals surface area contributed by atoms with E-state index in [9.17, 15) is 0 Å². The molecule has 0 aromatic heterocycles. The van der Waals surface area contributed by atoms with Crippen molar-refractivity contribution in [3.05, 3.63) is 29.8 Å². The minimum absolute atomic E-state index is 0.427. The molecule has 0 amide bonds.